The normalized spacial score (nSPS) is 10.2. The average Bonchev–Trinajstić information content (AvgIpc) is 2.86. The monoisotopic (exact) mass is 309 g/mol. The van der Waals surface area contributed by atoms with E-state index in [0.717, 1.165) is 4.68 Å². The molecule has 0 atom stereocenters. The molecule has 0 fully saturated rings. The highest BCUT2D eigenvalue weighted by molar-refractivity contribution is 6.32. The van der Waals surface area contributed by atoms with Crippen LogP contribution < -0.4 is 10.1 Å². The van der Waals surface area contributed by atoms with E-state index in [1.807, 2.05) is 0 Å². The van der Waals surface area contributed by atoms with Gasteiger partial charge in [-0.25, -0.2) is 4.68 Å². The molecule has 2 N–H and O–H groups in total. The number of ether oxygens (including phenoxy) is 1. The van der Waals surface area contributed by atoms with Crippen LogP contribution in [0.3, 0.4) is 0 Å². The summed E-state index contributed by atoms with van der Waals surface area (Å²) in [5.41, 5.74) is 0.609. The number of carbonyl (C=O) groups is 2. The number of hydrogen-bond donors (Lipinski definition) is 2. The fraction of sp³-hybridized carbons (Fsp3) is 0.154. The highest BCUT2D eigenvalue weighted by Crippen LogP contribution is 2.27. The van der Waals surface area contributed by atoms with Crippen LogP contribution in [-0.4, -0.2) is 33.9 Å². The van der Waals surface area contributed by atoms with Gasteiger partial charge in [-0.3, -0.25) is 9.59 Å². The number of carboxylic acids is 1. The van der Waals surface area contributed by atoms with Gasteiger partial charge in [-0.05, 0) is 24.3 Å². The van der Waals surface area contributed by atoms with Crippen molar-refractivity contribution in [2.24, 2.45) is 0 Å². The first kappa shape index (κ1) is 14.9. The van der Waals surface area contributed by atoms with Gasteiger partial charge in [0.15, 0.2) is 0 Å². The number of benzene rings is 1. The van der Waals surface area contributed by atoms with Crippen molar-refractivity contribution in [1.82, 2.24) is 9.78 Å². The van der Waals surface area contributed by atoms with Crippen LogP contribution in [0.15, 0.2) is 30.5 Å². The molecule has 21 heavy (non-hydrogen) atoms. The summed E-state index contributed by atoms with van der Waals surface area (Å²) in [6.07, 6.45) is 1.36. The summed E-state index contributed by atoms with van der Waals surface area (Å²) in [6, 6.07) is 6.21. The average molecular weight is 310 g/mol. The molecule has 0 radical (unpaired) electrons. The molecule has 0 saturated carbocycles. The van der Waals surface area contributed by atoms with Crippen molar-refractivity contribution in [2.75, 3.05) is 12.4 Å². The van der Waals surface area contributed by atoms with Gasteiger partial charge in [0.25, 0.3) is 5.91 Å². The lowest BCUT2D eigenvalue weighted by atomic mass is 10.3. The molecule has 0 unspecified atom stereocenters. The lowest BCUT2D eigenvalue weighted by molar-refractivity contribution is -0.137. The second kappa shape index (κ2) is 6.27. The molecule has 0 aliphatic rings. The first-order valence-corrected chi connectivity index (χ1v) is 6.27. The summed E-state index contributed by atoms with van der Waals surface area (Å²) in [5.74, 6) is -1.07. The first-order valence-electron chi connectivity index (χ1n) is 5.89. The summed E-state index contributed by atoms with van der Waals surface area (Å²) >= 11 is 5.97. The van der Waals surface area contributed by atoms with Crippen LogP contribution in [0.2, 0.25) is 5.02 Å². The van der Waals surface area contributed by atoms with E-state index in [1.54, 1.807) is 12.1 Å². The Morgan fingerprint density at radius 3 is 2.81 bits per heavy atom. The standard InChI is InChI=1S/C13H12ClN3O4/c1-21-11-3-2-8(6-9(11)14)16-13(20)10-4-5-15-17(10)7-12(18)19/h2-6H,7H2,1H3,(H,16,20)(H,18,19). The third kappa shape index (κ3) is 3.51. The SMILES string of the molecule is COc1ccc(NC(=O)c2ccnn2CC(=O)O)cc1Cl. The highest BCUT2D eigenvalue weighted by Gasteiger charge is 2.14. The maximum Gasteiger partial charge on any atom is 0.325 e. The molecule has 1 amide bonds. The fourth-order valence-corrected chi connectivity index (χ4v) is 1.98. The van der Waals surface area contributed by atoms with Crippen LogP contribution in [0, 0.1) is 0 Å². The molecule has 1 aromatic heterocycles. The molecule has 7 nitrogen and oxygen atoms in total. The van der Waals surface area contributed by atoms with Gasteiger partial charge in [0.1, 0.15) is 18.0 Å². The number of hydrogen-bond acceptors (Lipinski definition) is 4. The maximum atomic E-state index is 12.1. The molecule has 2 rings (SSSR count). The van der Waals surface area contributed by atoms with Crippen LogP contribution in [0.4, 0.5) is 5.69 Å². The highest BCUT2D eigenvalue weighted by atomic mass is 35.5. The van der Waals surface area contributed by atoms with E-state index in [0.29, 0.717) is 16.5 Å². The van der Waals surface area contributed by atoms with Gasteiger partial charge in [-0.15, -0.1) is 0 Å². The van der Waals surface area contributed by atoms with Gasteiger partial charge in [0, 0.05) is 11.9 Å². The van der Waals surface area contributed by atoms with Crippen LogP contribution in [-0.2, 0) is 11.3 Å². The predicted octanol–water partition coefficient (Wildman–Crippen LogP) is 1.88. The number of methoxy groups -OCH3 is 1. The quantitative estimate of drug-likeness (QED) is 0.879. The van der Waals surface area contributed by atoms with Gasteiger partial charge in [-0.1, -0.05) is 11.6 Å². The van der Waals surface area contributed by atoms with E-state index in [-0.39, 0.29) is 12.2 Å². The fourth-order valence-electron chi connectivity index (χ4n) is 1.72. The zero-order chi connectivity index (χ0) is 15.4. The number of anilines is 1. The van der Waals surface area contributed by atoms with Crippen LogP contribution in [0.25, 0.3) is 0 Å². The topological polar surface area (TPSA) is 93.5 Å². The Bertz CT molecular complexity index is 684. The number of amides is 1. The molecule has 110 valence electrons. The number of carboxylic acid groups (broad SMARTS) is 1. The second-order valence-electron chi connectivity index (χ2n) is 4.07. The Labute approximate surface area is 125 Å². The van der Waals surface area contributed by atoms with E-state index < -0.39 is 11.9 Å². The van der Waals surface area contributed by atoms with Crippen molar-refractivity contribution in [3.05, 3.63) is 41.2 Å². The summed E-state index contributed by atoms with van der Waals surface area (Å²) in [4.78, 5) is 22.8. The molecule has 1 aromatic carbocycles. The molecule has 1 heterocycles. The van der Waals surface area contributed by atoms with Crippen LogP contribution in [0.5, 0.6) is 5.75 Å². The minimum atomic E-state index is -1.08. The van der Waals surface area contributed by atoms with Crippen molar-refractivity contribution in [3.8, 4) is 5.75 Å². The van der Waals surface area contributed by atoms with Gasteiger partial charge in [-0.2, -0.15) is 5.10 Å². The Morgan fingerprint density at radius 2 is 2.19 bits per heavy atom. The number of carbonyl (C=O) groups excluding carboxylic acids is 1. The molecule has 0 aliphatic carbocycles. The van der Waals surface area contributed by atoms with Crippen molar-refractivity contribution in [2.45, 2.75) is 6.54 Å². The third-order valence-electron chi connectivity index (χ3n) is 2.64. The summed E-state index contributed by atoms with van der Waals surface area (Å²) < 4.78 is 6.12. The Morgan fingerprint density at radius 1 is 1.43 bits per heavy atom. The second-order valence-corrected chi connectivity index (χ2v) is 4.48. The summed E-state index contributed by atoms with van der Waals surface area (Å²) in [6.45, 7) is -0.390. The summed E-state index contributed by atoms with van der Waals surface area (Å²) in [5, 5.41) is 15.5. The minimum absolute atomic E-state index is 0.143. The Balaban J connectivity index is 2.16. The Hall–Kier alpha value is -2.54. The zero-order valence-corrected chi connectivity index (χ0v) is 11.8. The number of halogens is 1. The van der Waals surface area contributed by atoms with Crippen molar-refractivity contribution >= 4 is 29.2 Å². The molecule has 0 aliphatic heterocycles. The zero-order valence-electron chi connectivity index (χ0n) is 11.0. The van der Waals surface area contributed by atoms with Crippen LogP contribution >= 0.6 is 11.6 Å². The van der Waals surface area contributed by atoms with Crippen molar-refractivity contribution in [1.29, 1.82) is 0 Å². The smallest absolute Gasteiger partial charge is 0.325 e. The molecule has 0 spiro atoms. The van der Waals surface area contributed by atoms with Gasteiger partial charge >= 0.3 is 5.97 Å². The predicted molar refractivity (Wildman–Crippen MR) is 75.8 cm³/mol. The van der Waals surface area contributed by atoms with Crippen molar-refractivity contribution in [3.63, 3.8) is 0 Å². The van der Waals surface area contributed by atoms with Gasteiger partial charge in [0.2, 0.25) is 0 Å². The molecule has 2 aromatic rings. The van der Waals surface area contributed by atoms with Crippen molar-refractivity contribution < 1.29 is 19.4 Å². The molecular weight excluding hydrogens is 298 g/mol. The van der Waals surface area contributed by atoms with E-state index in [9.17, 15) is 9.59 Å². The number of aromatic nitrogens is 2. The maximum absolute atomic E-state index is 12.1. The minimum Gasteiger partial charge on any atom is -0.495 e. The lowest BCUT2D eigenvalue weighted by Crippen LogP contribution is -2.20. The van der Waals surface area contributed by atoms with E-state index in [2.05, 4.69) is 10.4 Å². The first-order chi connectivity index (χ1) is 10.0. The number of nitrogens with zero attached hydrogens (tertiary/aromatic N) is 2. The lowest BCUT2D eigenvalue weighted by Gasteiger charge is -2.09. The largest absolute Gasteiger partial charge is 0.495 e. The Kier molecular flexibility index (Phi) is 4.44. The summed E-state index contributed by atoms with van der Waals surface area (Å²) in [7, 11) is 1.49. The van der Waals surface area contributed by atoms with E-state index in [1.165, 1.54) is 25.4 Å². The number of aliphatic carboxylic acids is 1. The van der Waals surface area contributed by atoms with E-state index in [4.69, 9.17) is 21.4 Å². The third-order valence-corrected chi connectivity index (χ3v) is 2.94. The number of rotatable bonds is 5. The van der Waals surface area contributed by atoms with E-state index >= 15 is 0 Å². The van der Waals surface area contributed by atoms with Gasteiger partial charge < -0.3 is 15.2 Å². The number of nitrogens with one attached hydrogen (secondary N) is 1. The molecule has 0 bridgehead atoms. The molecule has 8 heteroatoms. The molecule has 0 saturated heterocycles. The van der Waals surface area contributed by atoms with Gasteiger partial charge in [0.05, 0.1) is 12.1 Å². The van der Waals surface area contributed by atoms with Crippen LogP contribution in [0.1, 0.15) is 10.5 Å². The molecular formula is C13H12ClN3O4.